The quantitative estimate of drug-likeness (QED) is 0.811. The number of likely N-dealkylation sites (tertiary alicyclic amines) is 1. The van der Waals surface area contributed by atoms with E-state index in [9.17, 15) is 9.59 Å². The minimum Gasteiger partial charge on any atom is -0.370 e. The maximum Gasteiger partial charge on any atom is 0.267 e. The van der Waals surface area contributed by atoms with Gasteiger partial charge in [-0.3, -0.25) is 9.59 Å². The third kappa shape index (κ3) is 4.18. The molecule has 7 heteroatoms. The molecule has 1 amide bonds. The Morgan fingerprint density at radius 3 is 2.63 bits per heavy atom. The molecule has 1 aliphatic heterocycles. The molecule has 3 heterocycles. The van der Waals surface area contributed by atoms with Gasteiger partial charge in [0.05, 0.1) is 5.69 Å². The molecule has 0 spiro atoms. The van der Waals surface area contributed by atoms with Crippen molar-refractivity contribution in [1.29, 1.82) is 0 Å². The summed E-state index contributed by atoms with van der Waals surface area (Å²) in [6.45, 7) is 2.47. The predicted octanol–water partition coefficient (Wildman–Crippen LogP) is 2.14. The van der Waals surface area contributed by atoms with Gasteiger partial charge < -0.3 is 10.2 Å². The zero-order valence-corrected chi connectivity index (χ0v) is 15.4. The zero-order valence-electron chi connectivity index (χ0n) is 15.4. The summed E-state index contributed by atoms with van der Waals surface area (Å²) in [5.41, 5.74) is 1.19. The third-order valence-electron chi connectivity index (χ3n) is 5.50. The lowest BCUT2D eigenvalue weighted by atomic mass is 9.83. The van der Waals surface area contributed by atoms with Crippen molar-refractivity contribution < 1.29 is 4.79 Å². The van der Waals surface area contributed by atoms with E-state index in [2.05, 4.69) is 15.4 Å². The van der Waals surface area contributed by atoms with Crippen molar-refractivity contribution in [2.75, 3.05) is 25.0 Å². The Morgan fingerprint density at radius 2 is 2.00 bits per heavy atom. The number of pyridine rings is 1. The summed E-state index contributed by atoms with van der Waals surface area (Å²) >= 11 is 0. The monoisotopic (exact) mass is 367 g/mol. The van der Waals surface area contributed by atoms with Crippen LogP contribution in [0.3, 0.4) is 0 Å². The molecule has 0 unspecified atom stereocenters. The van der Waals surface area contributed by atoms with Crippen LogP contribution in [0.4, 0.5) is 5.82 Å². The molecule has 0 bridgehead atoms. The van der Waals surface area contributed by atoms with Crippen molar-refractivity contribution in [3.8, 4) is 11.3 Å². The maximum absolute atomic E-state index is 12.1. The molecule has 27 heavy (non-hydrogen) atoms. The van der Waals surface area contributed by atoms with E-state index in [1.807, 2.05) is 12.1 Å². The fraction of sp³-hybridized carbons (Fsp3) is 0.500. The minimum atomic E-state index is -0.269. The van der Waals surface area contributed by atoms with Crippen LogP contribution in [-0.4, -0.2) is 45.2 Å². The second-order valence-corrected chi connectivity index (χ2v) is 7.39. The summed E-state index contributed by atoms with van der Waals surface area (Å²) in [6, 6.07) is 7.00. The van der Waals surface area contributed by atoms with Gasteiger partial charge in [0, 0.05) is 37.5 Å². The van der Waals surface area contributed by atoms with E-state index in [-0.39, 0.29) is 18.0 Å². The van der Waals surface area contributed by atoms with Gasteiger partial charge in [0.25, 0.3) is 5.56 Å². The van der Waals surface area contributed by atoms with E-state index in [1.165, 1.54) is 36.4 Å². The van der Waals surface area contributed by atoms with E-state index in [4.69, 9.17) is 0 Å². The fourth-order valence-electron chi connectivity index (χ4n) is 3.35. The predicted molar refractivity (Wildman–Crippen MR) is 103 cm³/mol. The number of anilines is 1. The highest BCUT2D eigenvalue weighted by atomic mass is 16.2. The Labute approximate surface area is 158 Å². The molecular weight excluding hydrogens is 342 g/mol. The van der Waals surface area contributed by atoms with Gasteiger partial charge >= 0.3 is 0 Å². The number of aromatic nitrogens is 3. The van der Waals surface area contributed by atoms with Crippen molar-refractivity contribution in [3.05, 3.63) is 40.8 Å². The van der Waals surface area contributed by atoms with Crippen LogP contribution in [0, 0.1) is 5.92 Å². The first-order chi connectivity index (χ1) is 13.2. The zero-order chi connectivity index (χ0) is 18.6. The lowest BCUT2D eigenvalue weighted by molar-refractivity contribution is -0.135. The van der Waals surface area contributed by atoms with Crippen LogP contribution in [-0.2, 0) is 11.3 Å². The van der Waals surface area contributed by atoms with Crippen LogP contribution in [0.5, 0.6) is 0 Å². The lowest BCUT2D eigenvalue weighted by Gasteiger charge is -2.30. The van der Waals surface area contributed by atoms with E-state index < -0.39 is 0 Å². The number of amides is 1. The standard InChI is InChI=1S/C20H25N5O2/c26-19-8-6-17(23-25(19)14-20(27)24-11-2-12-24)16-5-7-18(22-13-16)21-10-9-15-3-1-4-15/h5-8,13,15H,1-4,9-12,14H2,(H,21,22). The number of carbonyl (C=O) groups excluding carboxylic acids is 1. The molecular formula is C20H25N5O2. The lowest BCUT2D eigenvalue weighted by Crippen LogP contribution is -2.45. The highest BCUT2D eigenvalue weighted by Gasteiger charge is 2.21. The van der Waals surface area contributed by atoms with Crippen LogP contribution < -0.4 is 10.9 Å². The third-order valence-corrected chi connectivity index (χ3v) is 5.50. The first-order valence-electron chi connectivity index (χ1n) is 9.75. The van der Waals surface area contributed by atoms with E-state index >= 15 is 0 Å². The number of hydrogen-bond donors (Lipinski definition) is 1. The summed E-state index contributed by atoms with van der Waals surface area (Å²) in [4.78, 5) is 30.3. The van der Waals surface area contributed by atoms with Crippen molar-refractivity contribution in [2.45, 2.75) is 38.6 Å². The molecule has 1 saturated carbocycles. The number of nitrogens with zero attached hydrogens (tertiary/aromatic N) is 4. The van der Waals surface area contributed by atoms with E-state index in [0.29, 0.717) is 5.69 Å². The number of nitrogens with one attached hydrogen (secondary N) is 1. The van der Waals surface area contributed by atoms with Gasteiger partial charge in [-0.1, -0.05) is 19.3 Å². The molecule has 1 aliphatic carbocycles. The van der Waals surface area contributed by atoms with Gasteiger partial charge in [-0.05, 0) is 37.0 Å². The van der Waals surface area contributed by atoms with Crippen molar-refractivity contribution >= 4 is 11.7 Å². The minimum absolute atomic E-state index is 0.0130. The molecule has 2 fully saturated rings. The Hall–Kier alpha value is -2.70. The van der Waals surface area contributed by atoms with Crippen LogP contribution in [0.2, 0.25) is 0 Å². The van der Waals surface area contributed by atoms with Gasteiger partial charge in [-0.2, -0.15) is 5.10 Å². The summed E-state index contributed by atoms with van der Waals surface area (Å²) in [6.07, 6.45) is 8.06. The van der Waals surface area contributed by atoms with E-state index in [0.717, 1.165) is 43.4 Å². The molecule has 0 aromatic carbocycles. The topological polar surface area (TPSA) is 80.1 Å². The van der Waals surface area contributed by atoms with E-state index in [1.54, 1.807) is 17.2 Å². The second kappa shape index (κ2) is 7.90. The number of hydrogen-bond acceptors (Lipinski definition) is 5. The molecule has 1 N–H and O–H groups in total. The Balaban J connectivity index is 1.40. The van der Waals surface area contributed by atoms with Crippen LogP contribution in [0.1, 0.15) is 32.1 Å². The van der Waals surface area contributed by atoms with Crippen molar-refractivity contribution in [3.63, 3.8) is 0 Å². The van der Waals surface area contributed by atoms with Gasteiger partial charge in [0.2, 0.25) is 5.91 Å². The smallest absolute Gasteiger partial charge is 0.267 e. The summed E-state index contributed by atoms with van der Waals surface area (Å²) < 4.78 is 1.24. The van der Waals surface area contributed by atoms with Gasteiger partial charge in [0.15, 0.2) is 0 Å². The SMILES string of the molecule is O=C(Cn1nc(-c2ccc(NCCC3CCC3)nc2)ccc1=O)N1CCC1. The van der Waals surface area contributed by atoms with Crippen molar-refractivity contribution in [2.24, 2.45) is 5.92 Å². The average Bonchev–Trinajstić information content (AvgIpc) is 2.58. The Morgan fingerprint density at radius 1 is 1.15 bits per heavy atom. The van der Waals surface area contributed by atoms with Gasteiger partial charge in [-0.25, -0.2) is 9.67 Å². The van der Waals surface area contributed by atoms with Gasteiger partial charge in [-0.15, -0.1) is 0 Å². The second-order valence-electron chi connectivity index (χ2n) is 7.39. The Kier molecular flexibility index (Phi) is 5.18. The fourth-order valence-corrected chi connectivity index (χ4v) is 3.35. The van der Waals surface area contributed by atoms with Crippen LogP contribution in [0.15, 0.2) is 35.3 Å². The first-order valence-corrected chi connectivity index (χ1v) is 9.75. The normalized spacial score (nSPS) is 16.5. The summed E-state index contributed by atoms with van der Waals surface area (Å²) in [5.74, 6) is 1.66. The first kappa shape index (κ1) is 17.7. The number of carbonyl (C=O) groups is 1. The maximum atomic E-state index is 12.1. The molecule has 0 atom stereocenters. The Bertz CT molecular complexity index is 853. The summed E-state index contributed by atoms with van der Waals surface area (Å²) in [7, 11) is 0. The molecule has 7 nitrogen and oxygen atoms in total. The highest BCUT2D eigenvalue weighted by Crippen LogP contribution is 2.29. The van der Waals surface area contributed by atoms with Crippen molar-refractivity contribution in [1.82, 2.24) is 19.7 Å². The molecule has 0 radical (unpaired) electrons. The molecule has 4 rings (SSSR count). The highest BCUT2D eigenvalue weighted by molar-refractivity contribution is 5.76. The molecule has 2 aliphatic rings. The average molecular weight is 367 g/mol. The largest absolute Gasteiger partial charge is 0.370 e. The van der Waals surface area contributed by atoms with Gasteiger partial charge in [0.1, 0.15) is 12.4 Å². The molecule has 2 aromatic heterocycles. The van der Waals surface area contributed by atoms with Crippen LogP contribution in [0.25, 0.3) is 11.3 Å². The summed E-state index contributed by atoms with van der Waals surface area (Å²) in [5, 5.41) is 7.71. The molecule has 1 saturated heterocycles. The van der Waals surface area contributed by atoms with Crippen LogP contribution >= 0.6 is 0 Å². The molecule has 142 valence electrons. The number of rotatable bonds is 7. The molecule has 2 aromatic rings.